The van der Waals surface area contributed by atoms with Crippen LogP contribution in [0.3, 0.4) is 0 Å². The Morgan fingerprint density at radius 2 is 1.02 bits per heavy atom. The molecule has 0 fully saturated rings. The van der Waals surface area contributed by atoms with Crippen molar-refractivity contribution >= 4 is 46.4 Å². The molecule has 0 radical (unpaired) electrons. The van der Waals surface area contributed by atoms with E-state index in [4.69, 9.17) is 41.7 Å². The number of nitrogens with zero attached hydrogens (tertiary/aromatic N) is 2. The van der Waals surface area contributed by atoms with Gasteiger partial charge in [0.05, 0.1) is 35.6 Å². The second-order valence-electron chi connectivity index (χ2n) is 10.6. The van der Waals surface area contributed by atoms with Crippen molar-refractivity contribution in [3.8, 4) is 45.1 Å². The van der Waals surface area contributed by atoms with Gasteiger partial charge in [-0.2, -0.15) is 0 Å². The van der Waals surface area contributed by atoms with Crippen LogP contribution in [0.5, 0.6) is 11.5 Å². The van der Waals surface area contributed by atoms with E-state index in [1.807, 2.05) is 12.1 Å². The van der Waals surface area contributed by atoms with Crippen LogP contribution in [0.1, 0.15) is 32.2 Å². The highest BCUT2D eigenvalue weighted by atomic mass is 35.5. The molecular weight excluding hydrogens is 655 g/mol. The second kappa shape index (κ2) is 13.6. The van der Waals surface area contributed by atoms with E-state index in [0.29, 0.717) is 67.0 Å². The standard InChI is InChI=1S/C36H28Cl2N4O6/c1-19-31(33(41-47-19)23-9-5-7-11-25(23)37)35(43)39-27-15-13-21(17-29(27)45-3)22-14-16-28(30(18-22)46-4)40-36(44)32-20(2)48-42-34(32)24-10-6-8-12-26(24)38/h5-18H,1-4H3,(H,39,43)(H,40,44). The minimum atomic E-state index is -0.433. The van der Waals surface area contributed by atoms with E-state index in [2.05, 4.69) is 20.9 Å². The molecule has 0 aliphatic rings. The summed E-state index contributed by atoms with van der Waals surface area (Å²) in [5.74, 6) is 0.656. The van der Waals surface area contributed by atoms with Gasteiger partial charge in [0.25, 0.3) is 11.8 Å². The van der Waals surface area contributed by atoms with Crippen molar-refractivity contribution in [2.75, 3.05) is 24.9 Å². The summed E-state index contributed by atoms with van der Waals surface area (Å²) in [6.07, 6.45) is 0. The van der Waals surface area contributed by atoms with E-state index >= 15 is 0 Å². The average molecular weight is 684 g/mol. The van der Waals surface area contributed by atoms with Crippen LogP contribution in [0.15, 0.2) is 94.0 Å². The van der Waals surface area contributed by atoms with Gasteiger partial charge in [-0.1, -0.05) is 82.0 Å². The lowest BCUT2D eigenvalue weighted by Crippen LogP contribution is -2.14. The predicted molar refractivity (Wildman–Crippen MR) is 184 cm³/mol. The summed E-state index contributed by atoms with van der Waals surface area (Å²) in [6, 6.07) is 24.9. The minimum Gasteiger partial charge on any atom is -0.495 e. The van der Waals surface area contributed by atoms with Gasteiger partial charge in [-0.25, -0.2) is 0 Å². The third-order valence-corrected chi connectivity index (χ3v) is 8.33. The number of amides is 2. The quantitative estimate of drug-likeness (QED) is 0.154. The molecule has 6 rings (SSSR count). The Bertz CT molecular complexity index is 2020. The first-order chi connectivity index (χ1) is 23.2. The summed E-state index contributed by atoms with van der Waals surface area (Å²) in [5.41, 5.74) is 4.77. The first kappa shape index (κ1) is 32.4. The molecule has 2 N–H and O–H groups in total. The zero-order valence-electron chi connectivity index (χ0n) is 26.2. The van der Waals surface area contributed by atoms with Crippen molar-refractivity contribution in [2.45, 2.75) is 13.8 Å². The van der Waals surface area contributed by atoms with Gasteiger partial charge >= 0.3 is 0 Å². The molecule has 0 saturated carbocycles. The summed E-state index contributed by atoms with van der Waals surface area (Å²) in [7, 11) is 3.02. The monoisotopic (exact) mass is 682 g/mol. The molecule has 2 aromatic heterocycles. The number of aryl methyl sites for hydroxylation is 2. The molecule has 0 aliphatic carbocycles. The van der Waals surface area contributed by atoms with Gasteiger partial charge in [0, 0.05) is 11.1 Å². The largest absolute Gasteiger partial charge is 0.495 e. The summed E-state index contributed by atoms with van der Waals surface area (Å²) >= 11 is 12.7. The molecule has 0 spiro atoms. The van der Waals surface area contributed by atoms with E-state index in [9.17, 15) is 9.59 Å². The van der Waals surface area contributed by atoms with Crippen LogP contribution in [0, 0.1) is 13.8 Å². The van der Waals surface area contributed by atoms with Gasteiger partial charge in [-0.05, 0) is 61.4 Å². The fourth-order valence-electron chi connectivity index (χ4n) is 5.27. The molecule has 4 aromatic carbocycles. The van der Waals surface area contributed by atoms with Gasteiger partial charge in [-0.3, -0.25) is 9.59 Å². The van der Waals surface area contributed by atoms with Crippen LogP contribution in [0.2, 0.25) is 10.0 Å². The highest BCUT2D eigenvalue weighted by molar-refractivity contribution is 6.34. The van der Waals surface area contributed by atoms with Gasteiger partial charge in [0.1, 0.15) is 45.5 Å². The molecule has 10 nitrogen and oxygen atoms in total. The Morgan fingerprint density at radius 3 is 1.40 bits per heavy atom. The number of hydrogen-bond donors (Lipinski definition) is 2. The average Bonchev–Trinajstić information content (AvgIpc) is 3.67. The van der Waals surface area contributed by atoms with Gasteiger partial charge in [0.2, 0.25) is 0 Å². The number of rotatable bonds is 9. The van der Waals surface area contributed by atoms with E-state index < -0.39 is 11.8 Å². The maximum atomic E-state index is 13.5. The van der Waals surface area contributed by atoms with E-state index in [1.165, 1.54) is 14.2 Å². The number of methoxy groups -OCH3 is 2. The van der Waals surface area contributed by atoms with Crippen molar-refractivity contribution < 1.29 is 28.1 Å². The lowest BCUT2D eigenvalue weighted by Gasteiger charge is -2.15. The number of nitrogens with one attached hydrogen (secondary N) is 2. The minimum absolute atomic E-state index is 0.261. The highest BCUT2D eigenvalue weighted by Gasteiger charge is 2.26. The number of aromatic nitrogens is 2. The third kappa shape index (κ3) is 6.23. The highest BCUT2D eigenvalue weighted by Crippen LogP contribution is 2.37. The van der Waals surface area contributed by atoms with Crippen LogP contribution in [-0.4, -0.2) is 36.3 Å². The number of ether oxygens (including phenoxy) is 2. The Labute approximate surface area is 285 Å². The number of benzene rings is 4. The lowest BCUT2D eigenvalue weighted by molar-refractivity contribution is 0.101. The molecule has 0 saturated heterocycles. The second-order valence-corrected chi connectivity index (χ2v) is 11.4. The van der Waals surface area contributed by atoms with E-state index in [-0.39, 0.29) is 11.1 Å². The maximum absolute atomic E-state index is 13.5. The normalized spacial score (nSPS) is 10.9. The summed E-state index contributed by atoms with van der Waals surface area (Å²) < 4.78 is 22.0. The summed E-state index contributed by atoms with van der Waals surface area (Å²) in [4.78, 5) is 27.0. The fraction of sp³-hybridized carbons (Fsp3) is 0.111. The molecule has 0 bridgehead atoms. The first-order valence-electron chi connectivity index (χ1n) is 14.6. The molecule has 48 heavy (non-hydrogen) atoms. The predicted octanol–water partition coefficient (Wildman–Crippen LogP) is 9.11. The Morgan fingerprint density at radius 1 is 0.625 bits per heavy atom. The zero-order valence-corrected chi connectivity index (χ0v) is 27.7. The first-order valence-corrected chi connectivity index (χ1v) is 15.4. The lowest BCUT2D eigenvalue weighted by atomic mass is 10.0. The van der Waals surface area contributed by atoms with Crippen LogP contribution >= 0.6 is 23.2 Å². The van der Waals surface area contributed by atoms with Crippen molar-refractivity contribution in [1.29, 1.82) is 0 Å². The molecule has 0 atom stereocenters. The van der Waals surface area contributed by atoms with Crippen LogP contribution in [-0.2, 0) is 0 Å². The number of halogens is 2. The molecule has 2 heterocycles. The topological polar surface area (TPSA) is 129 Å². The van der Waals surface area contributed by atoms with Crippen LogP contribution in [0.25, 0.3) is 33.6 Å². The summed E-state index contributed by atoms with van der Waals surface area (Å²) in [6.45, 7) is 3.32. The molecular formula is C36H28Cl2N4O6. The molecule has 0 aliphatic heterocycles. The van der Waals surface area contributed by atoms with Crippen LogP contribution < -0.4 is 20.1 Å². The molecule has 242 valence electrons. The van der Waals surface area contributed by atoms with Gasteiger partial charge in [-0.15, -0.1) is 0 Å². The fourth-order valence-corrected chi connectivity index (χ4v) is 5.72. The number of hydrogen-bond acceptors (Lipinski definition) is 8. The van der Waals surface area contributed by atoms with E-state index in [0.717, 1.165) is 11.1 Å². The SMILES string of the molecule is COc1cc(-c2ccc(NC(=O)c3c(-c4ccccc4Cl)noc3C)c(OC)c2)ccc1NC(=O)c1c(-c2ccccc2Cl)noc1C. The molecule has 0 unspecified atom stereocenters. The zero-order chi connectivity index (χ0) is 33.9. The Hall–Kier alpha value is -5.58. The molecule has 6 aromatic rings. The molecule has 2 amide bonds. The Kier molecular flexibility index (Phi) is 9.20. The molecule has 12 heteroatoms. The number of carbonyl (C=O) groups excluding carboxylic acids is 2. The smallest absolute Gasteiger partial charge is 0.261 e. The van der Waals surface area contributed by atoms with Crippen LogP contribution in [0.4, 0.5) is 11.4 Å². The maximum Gasteiger partial charge on any atom is 0.261 e. The Balaban J connectivity index is 1.24. The third-order valence-electron chi connectivity index (χ3n) is 7.67. The van der Waals surface area contributed by atoms with E-state index in [1.54, 1.807) is 86.6 Å². The van der Waals surface area contributed by atoms with Crippen molar-refractivity contribution in [1.82, 2.24) is 10.3 Å². The summed E-state index contributed by atoms with van der Waals surface area (Å²) in [5, 5.41) is 14.9. The van der Waals surface area contributed by atoms with Gasteiger partial charge in [0.15, 0.2) is 0 Å². The van der Waals surface area contributed by atoms with Gasteiger partial charge < -0.3 is 29.2 Å². The number of anilines is 2. The number of carbonyl (C=O) groups is 2. The van der Waals surface area contributed by atoms with Crippen molar-refractivity contribution in [3.63, 3.8) is 0 Å². The van der Waals surface area contributed by atoms with Crippen molar-refractivity contribution in [2.24, 2.45) is 0 Å². The van der Waals surface area contributed by atoms with Crippen molar-refractivity contribution in [3.05, 3.63) is 118 Å².